The molecule has 96 valence electrons. The van der Waals surface area contributed by atoms with Crippen molar-refractivity contribution in [3.63, 3.8) is 0 Å². The lowest BCUT2D eigenvalue weighted by Gasteiger charge is -2.46. The van der Waals surface area contributed by atoms with Crippen LogP contribution in [-0.4, -0.2) is 22.4 Å². The molecule has 4 atom stereocenters. The summed E-state index contributed by atoms with van der Waals surface area (Å²) < 4.78 is 0. The minimum absolute atomic E-state index is 0.0909. The van der Waals surface area contributed by atoms with Gasteiger partial charge in [-0.2, -0.15) is 0 Å². The summed E-state index contributed by atoms with van der Waals surface area (Å²) in [5.74, 6) is -0.183. The van der Waals surface area contributed by atoms with Crippen molar-refractivity contribution in [2.24, 2.45) is 0 Å². The zero-order chi connectivity index (χ0) is 13.1. The van der Waals surface area contributed by atoms with Crippen molar-refractivity contribution in [2.75, 3.05) is 0 Å². The van der Waals surface area contributed by atoms with E-state index in [-0.39, 0.29) is 11.8 Å². The van der Waals surface area contributed by atoms with Gasteiger partial charge in [0.15, 0.2) is 0 Å². The van der Waals surface area contributed by atoms with Crippen molar-refractivity contribution in [2.45, 2.75) is 31.0 Å². The van der Waals surface area contributed by atoms with E-state index in [0.717, 1.165) is 0 Å². The fraction of sp³-hybridized carbons (Fsp3) is 0.294. The minimum atomic E-state index is -0.700. The van der Waals surface area contributed by atoms with Crippen LogP contribution in [-0.2, 0) is 0 Å². The topological polar surface area (TPSA) is 40.5 Å². The van der Waals surface area contributed by atoms with E-state index in [1.54, 1.807) is 0 Å². The van der Waals surface area contributed by atoms with Crippen LogP contribution in [0.5, 0.6) is 0 Å². The summed E-state index contributed by atoms with van der Waals surface area (Å²) in [5.41, 5.74) is 5.89. The fourth-order valence-corrected chi connectivity index (χ4v) is 3.79. The summed E-state index contributed by atoms with van der Waals surface area (Å²) in [6.07, 6.45) is -1.40. The number of rotatable bonds is 0. The van der Waals surface area contributed by atoms with Gasteiger partial charge < -0.3 is 10.2 Å². The summed E-state index contributed by atoms with van der Waals surface area (Å²) in [7, 11) is 0. The molecule has 2 nitrogen and oxygen atoms in total. The van der Waals surface area contributed by atoms with Crippen LogP contribution in [0.2, 0.25) is 0 Å². The molecule has 0 heterocycles. The number of aliphatic hydroxyl groups excluding tert-OH is 2. The van der Waals surface area contributed by atoms with Crippen molar-refractivity contribution in [1.82, 2.24) is 0 Å². The predicted molar refractivity (Wildman–Crippen MR) is 73.3 cm³/mol. The van der Waals surface area contributed by atoms with Crippen LogP contribution in [0.3, 0.4) is 0 Å². The van der Waals surface area contributed by atoms with Gasteiger partial charge in [-0.1, -0.05) is 48.0 Å². The largest absolute Gasteiger partial charge is 0.389 e. The second-order valence-corrected chi connectivity index (χ2v) is 5.70. The lowest BCUT2D eigenvalue weighted by molar-refractivity contribution is -0.0154. The number of hydrogen-bond donors (Lipinski definition) is 2. The standard InChI is InChI=1S/C17H16O2/c1-9-6-7-12-13(8-9)15-11-5-3-2-4-10(11)14(12)16(18)17(15)19/h2-8,14-19H,1H3/t14-,15+,16-,17+/m1/s1. The van der Waals surface area contributed by atoms with Gasteiger partial charge in [0.05, 0.1) is 12.2 Å². The van der Waals surface area contributed by atoms with E-state index < -0.39 is 12.2 Å². The number of aryl methyl sites for hydroxylation is 1. The quantitative estimate of drug-likeness (QED) is 0.755. The number of benzene rings is 2. The van der Waals surface area contributed by atoms with E-state index >= 15 is 0 Å². The minimum Gasteiger partial charge on any atom is -0.389 e. The van der Waals surface area contributed by atoms with Gasteiger partial charge in [0.25, 0.3) is 0 Å². The lowest BCUT2D eigenvalue weighted by atomic mass is 9.61. The maximum atomic E-state index is 10.4. The van der Waals surface area contributed by atoms with E-state index in [1.165, 1.54) is 27.8 Å². The molecule has 0 saturated carbocycles. The molecule has 2 aromatic rings. The summed E-state index contributed by atoms with van der Waals surface area (Å²) in [6.45, 7) is 2.07. The molecule has 2 N–H and O–H groups in total. The van der Waals surface area contributed by atoms with Gasteiger partial charge in [-0.3, -0.25) is 0 Å². The molecule has 2 aromatic carbocycles. The Morgan fingerprint density at radius 3 is 1.89 bits per heavy atom. The van der Waals surface area contributed by atoms with Crippen LogP contribution in [0.4, 0.5) is 0 Å². The van der Waals surface area contributed by atoms with Crippen molar-refractivity contribution in [3.8, 4) is 0 Å². The molecule has 3 aliphatic carbocycles. The third-order valence-electron chi connectivity index (χ3n) is 4.61. The van der Waals surface area contributed by atoms with Crippen molar-refractivity contribution < 1.29 is 10.2 Å². The lowest BCUT2D eigenvalue weighted by Crippen LogP contribution is -2.47. The van der Waals surface area contributed by atoms with E-state index in [9.17, 15) is 10.2 Å². The van der Waals surface area contributed by atoms with Crippen molar-refractivity contribution in [3.05, 3.63) is 70.3 Å². The highest BCUT2D eigenvalue weighted by atomic mass is 16.3. The first-order valence-electron chi connectivity index (χ1n) is 6.74. The SMILES string of the molecule is Cc1ccc2c(c1)[C@@H]1c3ccccc3[C@H]2[C@@H](O)[C@H]1O. The molecular weight excluding hydrogens is 236 g/mol. The summed E-state index contributed by atoms with van der Waals surface area (Å²) in [5, 5.41) is 20.8. The molecule has 0 aliphatic heterocycles. The molecule has 5 rings (SSSR count). The van der Waals surface area contributed by atoms with Crippen LogP contribution in [0.25, 0.3) is 0 Å². The van der Waals surface area contributed by atoms with Crippen LogP contribution in [0.1, 0.15) is 39.7 Å². The zero-order valence-corrected chi connectivity index (χ0v) is 10.7. The molecule has 2 bridgehead atoms. The fourth-order valence-electron chi connectivity index (χ4n) is 3.79. The van der Waals surface area contributed by atoms with Gasteiger partial charge in [-0.25, -0.2) is 0 Å². The summed E-state index contributed by atoms with van der Waals surface area (Å²) >= 11 is 0. The normalized spacial score (nSPS) is 30.9. The molecule has 0 spiro atoms. The first-order valence-corrected chi connectivity index (χ1v) is 6.74. The molecule has 0 radical (unpaired) electrons. The molecule has 0 aromatic heterocycles. The Morgan fingerprint density at radius 1 is 0.737 bits per heavy atom. The van der Waals surface area contributed by atoms with Crippen LogP contribution >= 0.6 is 0 Å². The number of hydrogen-bond acceptors (Lipinski definition) is 2. The van der Waals surface area contributed by atoms with Crippen molar-refractivity contribution >= 4 is 0 Å². The number of fused-ring (bicyclic) bond motifs is 1. The van der Waals surface area contributed by atoms with E-state index in [4.69, 9.17) is 0 Å². The average Bonchev–Trinajstić information content (AvgIpc) is 2.42. The van der Waals surface area contributed by atoms with Gasteiger partial charge in [0, 0.05) is 11.8 Å². The Balaban J connectivity index is 2.05. The van der Waals surface area contributed by atoms with Gasteiger partial charge in [0.2, 0.25) is 0 Å². The Bertz CT molecular complexity index is 662. The first kappa shape index (κ1) is 11.2. The van der Waals surface area contributed by atoms with Crippen LogP contribution in [0.15, 0.2) is 42.5 Å². The van der Waals surface area contributed by atoms with E-state index in [0.29, 0.717) is 0 Å². The first-order chi connectivity index (χ1) is 9.18. The summed E-state index contributed by atoms with van der Waals surface area (Å²) in [6, 6.07) is 14.5. The molecular formula is C17H16O2. The maximum absolute atomic E-state index is 10.4. The molecule has 0 unspecified atom stereocenters. The van der Waals surface area contributed by atoms with Gasteiger partial charge in [-0.05, 0) is 29.2 Å². The second-order valence-electron chi connectivity index (χ2n) is 5.70. The molecule has 3 aliphatic rings. The second kappa shape index (κ2) is 3.69. The highest BCUT2D eigenvalue weighted by molar-refractivity contribution is 5.58. The molecule has 2 heteroatoms. The Labute approximate surface area is 112 Å². The molecule has 0 fully saturated rings. The predicted octanol–water partition coefficient (Wildman–Crippen LogP) is 2.31. The molecule has 0 amide bonds. The summed E-state index contributed by atoms with van der Waals surface area (Å²) in [4.78, 5) is 0. The average molecular weight is 252 g/mol. The Hall–Kier alpha value is -1.64. The van der Waals surface area contributed by atoms with Gasteiger partial charge in [0.1, 0.15) is 0 Å². The number of aliphatic hydroxyl groups is 2. The zero-order valence-electron chi connectivity index (χ0n) is 10.7. The monoisotopic (exact) mass is 252 g/mol. The maximum Gasteiger partial charge on any atom is 0.0917 e. The van der Waals surface area contributed by atoms with Crippen LogP contribution < -0.4 is 0 Å². The van der Waals surface area contributed by atoms with E-state index in [1.807, 2.05) is 12.1 Å². The highest BCUT2D eigenvalue weighted by Crippen LogP contribution is 2.52. The smallest absolute Gasteiger partial charge is 0.0917 e. The van der Waals surface area contributed by atoms with Gasteiger partial charge in [-0.15, -0.1) is 0 Å². The van der Waals surface area contributed by atoms with E-state index in [2.05, 4.69) is 37.3 Å². The molecule has 19 heavy (non-hydrogen) atoms. The Morgan fingerprint density at radius 2 is 1.26 bits per heavy atom. The van der Waals surface area contributed by atoms with Gasteiger partial charge >= 0.3 is 0 Å². The third-order valence-corrected chi connectivity index (χ3v) is 4.61. The highest BCUT2D eigenvalue weighted by Gasteiger charge is 2.48. The van der Waals surface area contributed by atoms with Crippen LogP contribution in [0, 0.1) is 6.92 Å². The Kier molecular flexibility index (Phi) is 2.17. The van der Waals surface area contributed by atoms with Crippen molar-refractivity contribution in [1.29, 1.82) is 0 Å². The third kappa shape index (κ3) is 1.33. The molecule has 0 saturated heterocycles.